The van der Waals surface area contributed by atoms with Gasteiger partial charge in [-0.15, -0.1) is 0 Å². The number of pyridine rings is 1. The van der Waals surface area contributed by atoms with Crippen molar-refractivity contribution in [3.05, 3.63) is 23.4 Å². The molecular weight excluding hydrogens is 200 g/mol. The molecule has 1 fully saturated rings. The lowest BCUT2D eigenvalue weighted by atomic mass is 9.94. The van der Waals surface area contributed by atoms with Gasteiger partial charge in [0.2, 0.25) is 0 Å². The average Bonchev–Trinajstić information content (AvgIpc) is 2.31. The Balaban J connectivity index is 2.04. The van der Waals surface area contributed by atoms with Gasteiger partial charge in [0, 0.05) is 5.69 Å². The van der Waals surface area contributed by atoms with Crippen LogP contribution in [0, 0.1) is 17.2 Å². The zero-order valence-electron chi connectivity index (χ0n) is 9.24. The molecule has 0 amide bonds. The van der Waals surface area contributed by atoms with Gasteiger partial charge in [-0.25, -0.2) is 4.98 Å². The lowest BCUT2D eigenvalue weighted by Crippen LogP contribution is -2.31. The molecule has 16 heavy (non-hydrogen) atoms. The first-order valence-electron chi connectivity index (χ1n) is 5.66. The minimum atomic E-state index is 0.351. The van der Waals surface area contributed by atoms with Gasteiger partial charge < -0.3 is 11.1 Å². The van der Waals surface area contributed by atoms with E-state index in [4.69, 9.17) is 11.0 Å². The molecule has 1 aromatic heterocycles. The quantitative estimate of drug-likeness (QED) is 0.775. The molecule has 0 aliphatic carbocycles. The molecule has 0 radical (unpaired) electrons. The topological polar surface area (TPSA) is 74.7 Å². The van der Waals surface area contributed by atoms with Crippen molar-refractivity contribution < 1.29 is 0 Å². The van der Waals surface area contributed by atoms with E-state index in [0.717, 1.165) is 25.2 Å². The van der Waals surface area contributed by atoms with Gasteiger partial charge in [-0.1, -0.05) is 0 Å². The van der Waals surface area contributed by atoms with Gasteiger partial charge in [0.15, 0.2) is 0 Å². The molecule has 1 aromatic rings. The first-order chi connectivity index (χ1) is 7.79. The molecule has 1 atom stereocenters. The first kappa shape index (κ1) is 10.9. The zero-order valence-corrected chi connectivity index (χ0v) is 9.24. The van der Waals surface area contributed by atoms with Gasteiger partial charge in [0.05, 0.1) is 5.56 Å². The summed E-state index contributed by atoms with van der Waals surface area (Å²) < 4.78 is 0. The molecule has 0 bridgehead atoms. The number of aromatic nitrogens is 1. The highest BCUT2D eigenvalue weighted by Crippen LogP contribution is 2.17. The Bertz CT molecular complexity index is 402. The Hall–Kier alpha value is -1.60. The summed E-state index contributed by atoms with van der Waals surface area (Å²) in [4.78, 5) is 4.27. The largest absolute Gasteiger partial charge is 0.383 e. The van der Waals surface area contributed by atoms with Crippen LogP contribution in [0.15, 0.2) is 12.1 Å². The number of nitrogens with two attached hydrogens (primary N) is 1. The van der Waals surface area contributed by atoms with Gasteiger partial charge in [-0.05, 0) is 50.4 Å². The third-order valence-corrected chi connectivity index (χ3v) is 3.00. The van der Waals surface area contributed by atoms with Crippen molar-refractivity contribution in [2.45, 2.75) is 19.3 Å². The van der Waals surface area contributed by atoms with Crippen molar-refractivity contribution in [1.82, 2.24) is 10.3 Å². The molecule has 1 aliphatic heterocycles. The molecule has 4 nitrogen and oxygen atoms in total. The number of hydrogen-bond donors (Lipinski definition) is 2. The predicted octanol–water partition coefficient (Wildman–Crippen LogP) is 1.08. The van der Waals surface area contributed by atoms with Crippen LogP contribution in [0.4, 0.5) is 5.82 Å². The van der Waals surface area contributed by atoms with Crippen LogP contribution in [0.5, 0.6) is 0 Å². The number of nitrogens with zero attached hydrogens (tertiary/aromatic N) is 2. The first-order valence-corrected chi connectivity index (χ1v) is 5.66. The van der Waals surface area contributed by atoms with Crippen molar-refractivity contribution in [3.8, 4) is 6.07 Å². The van der Waals surface area contributed by atoms with Gasteiger partial charge in [-0.2, -0.15) is 5.26 Å². The Kier molecular flexibility index (Phi) is 3.37. The summed E-state index contributed by atoms with van der Waals surface area (Å²) in [5.74, 6) is 0.998. The van der Waals surface area contributed by atoms with Crippen LogP contribution in [0.1, 0.15) is 24.1 Å². The van der Waals surface area contributed by atoms with Crippen LogP contribution in [0.25, 0.3) is 0 Å². The van der Waals surface area contributed by atoms with Crippen LogP contribution < -0.4 is 11.1 Å². The third-order valence-electron chi connectivity index (χ3n) is 3.00. The summed E-state index contributed by atoms with van der Waals surface area (Å²) in [7, 11) is 0. The molecular formula is C12H16N4. The fourth-order valence-electron chi connectivity index (χ4n) is 2.12. The maximum Gasteiger partial charge on any atom is 0.141 e. The predicted molar refractivity (Wildman–Crippen MR) is 62.7 cm³/mol. The number of hydrogen-bond acceptors (Lipinski definition) is 4. The monoisotopic (exact) mass is 216 g/mol. The number of anilines is 1. The van der Waals surface area contributed by atoms with Gasteiger partial charge >= 0.3 is 0 Å². The second-order valence-electron chi connectivity index (χ2n) is 4.26. The van der Waals surface area contributed by atoms with Crippen molar-refractivity contribution >= 4 is 5.82 Å². The van der Waals surface area contributed by atoms with Crippen LogP contribution in [-0.4, -0.2) is 18.1 Å². The summed E-state index contributed by atoms with van der Waals surface area (Å²) in [6.45, 7) is 2.18. The summed E-state index contributed by atoms with van der Waals surface area (Å²) in [5, 5.41) is 12.1. The van der Waals surface area contributed by atoms with Crippen LogP contribution in [0.3, 0.4) is 0 Å². The van der Waals surface area contributed by atoms with E-state index in [1.54, 1.807) is 6.07 Å². The van der Waals surface area contributed by atoms with E-state index in [-0.39, 0.29) is 0 Å². The normalized spacial score (nSPS) is 20.3. The van der Waals surface area contributed by atoms with Crippen molar-refractivity contribution in [1.29, 1.82) is 5.26 Å². The lowest BCUT2D eigenvalue weighted by molar-refractivity contribution is 0.373. The molecule has 0 spiro atoms. The molecule has 2 heterocycles. The van der Waals surface area contributed by atoms with Gasteiger partial charge in [0.25, 0.3) is 0 Å². The van der Waals surface area contributed by atoms with E-state index in [2.05, 4.69) is 10.3 Å². The minimum Gasteiger partial charge on any atom is -0.383 e. The highest BCUT2D eigenvalue weighted by molar-refractivity contribution is 5.48. The molecule has 0 aromatic carbocycles. The Morgan fingerprint density at radius 3 is 3.06 bits per heavy atom. The average molecular weight is 216 g/mol. The lowest BCUT2D eigenvalue weighted by Gasteiger charge is -2.22. The SMILES string of the molecule is N#Cc1ccc(CC2CCCNC2)nc1N. The Morgan fingerprint density at radius 2 is 2.44 bits per heavy atom. The van der Waals surface area contributed by atoms with E-state index in [1.165, 1.54) is 12.8 Å². The van der Waals surface area contributed by atoms with Crippen molar-refractivity contribution in [2.24, 2.45) is 5.92 Å². The molecule has 1 unspecified atom stereocenters. The van der Waals surface area contributed by atoms with Crippen LogP contribution >= 0.6 is 0 Å². The smallest absolute Gasteiger partial charge is 0.141 e. The Morgan fingerprint density at radius 1 is 1.56 bits per heavy atom. The molecule has 3 N–H and O–H groups in total. The highest BCUT2D eigenvalue weighted by Gasteiger charge is 2.14. The van der Waals surface area contributed by atoms with E-state index in [0.29, 0.717) is 17.3 Å². The number of nitrogens with one attached hydrogen (secondary N) is 1. The zero-order chi connectivity index (χ0) is 11.4. The van der Waals surface area contributed by atoms with E-state index >= 15 is 0 Å². The summed E-state index contributed by atoms with van der Waals surface area (Å²) in [5.41, 5.74) is 7.14. The summed E-state index contributed by atoms with van der Waals surface area (Å²) >= 11 is 0. The third kappa shape index (κ3) is 2.50. The van der Waals surface area contributed by atoms with E-state index < -0.39 is 0 Å². The van der Waals surface area contributed by atoms with Gasteiger partial charge in [-0.3, -0.25) is 0 Å². The second-order valence-corrected chi connectivity index (χ2v) is 4.26. The highest BCUT2D eigenvalue weighted by atomic mass is 14.9. The molecule has 1 saturated heterocycles. The van der Waals surface area contributed by atoms with Gasteiger partial charge in [0.1, 0.15) is 11.9 Å². The van der Waals surface area contributed by atoms with Crippen molar-refractivity contribution in [3.63, 3.8) is 0 Å². The maximum absolute atomic E-state index is 8.75. The van der Waals surface area contributed by atoms with Crippen LogP contribution in [0.2, 0.25) is 0 Å². The summed E-state index contributed by atoms with van der Waals surface area (Å²) in [6.07, 6.45) is 3.42. The molecule has 1 aliphatic rings. The number of nitriles is 1. The number of piperidine rings is 1. The maximum atomic E-state index is 8.75. The second kappa shape index (κ2) is 4.95. The fraction of sp³-hybridized carbons (Fsp3) is 0.500. The Labute approximate surface area is 95.5 Å². The molecule has 2 rings (SSSR count). The van der Waals surface area contributed by atoms with Crippen molar-refractivity contribution in [2.75, 3.05) is 18.8 Å². The standard InChI is InChI=1S/C12H16N4/c13-7-10-3-4-11(16-12(10)14)6-9-2-1-5-15-8-9/h3-4,9,15H,1-2,5-6,8H2,(H2,14,16). The minimum absolute atomic E-state index is 0.351. The number of nitrogen functional groups attached to an aromatic ring is 1. The molecule has 0 saturated carbocycles. The fourth-order valence-corrected chi connectivity index (χ4v) is 2.12. The van der Waals surface area contributed by atoms with E-state index in [9.17, 15) is 0 Å². The van der Waals surface area contributed by atoms with E-state index in [1.807, 2.05) is 12.1 Å². The van der Waals surface area contributed by atoms with Crippen LogP contribution in [-0.2, 0) is 6.42 Å². The molecule has 4 heteroatoms. The number of rotatable bonds is 2. The summed E-state index contributed by atoms with van der Waals surface area (Å²) in [6, 6.07) is 5.69. The molecule has 84 valence electrons.